The number of sulfonamides is 1. The van der Waals surface area contributed by atoms with Gasteiger partial charge in [-0.25, -0.2) is 12.8 Å². The maximum Gasteiger partial charge on any atom is 0.244 e. The monoisotopic (exact) mass is 348 g/mol. The van der Waals surface area contributed by atoms with Crippen LogP contribution in [0.25, 0.3) is 0 Å². The Morgan fingerprint density at radius 3 is 2.82 bits per heavy atom. The van der Waals surface area contributed by atoms with Gasteiger partial charge in [0.15, 0.2) is 0 Å². The Kier molecular flexibility index (Phi) is 4.11. The number of hydrogen-bond acceptors (Lipinski definition) is 4. The molecule has 2 saturated heterocycles. The van der Waals surface area contributed by atoms with Crippen LogP contribution in [0.5, 0.6) is 0 Å². The fraction of sp³-hybridized carbons (Fsp3) is 0.462. The summed E-state index contributed by atoms with van der Waals surface area (Å²) in [4.78, 5) is 11.8. The largest absolute Gasteiger partial charge is 0.378 e. The van der Waals surface area contributed by atoms with Crippen molar-refractivity contribution in [1.29, 1.82) is 0 Å². The molecule has 0 unspecified atom stereocenters. The van der Waals surface area contributed by atoms with E-state index in [2.05, 4.69) is 5.32 Å². The molecule has 0 radical (unpaired) electrons. The number of amides is 1. The number of ether oxygens (including phenoxy) is 1. The topological polar surface area (TPSA) is 75.7 Å². The molecule has 6 nitrogen and oxygen atoms in total. The van der Waals surface area contributed by atoms with Gasteiger partial charge >= 0.3 is 0 Å². The SMILES string of the molecule is O=C1N[C@@H]2COC[C@H]1CN(S(=O)(=O)c1ccc(F)cc1Cl)C2. The zero-order valence-electron chi connectivity index (χ0n) is 11.5. The second-order valence-corrected chi connectivity index (χ2v) is 7.65. The van der Waals surface area contributed by atoms with E-state index in [0.717, 1.165) is 18.2 Å². The van der Waals surface area contributed by atoms with Gasteiger partial charge in [-0.2, -0.15) is 4.31 Å². The normalized spacial score (nSPS) is 26.4. The first-order valence-electron chi connectivity index (χ1n) is 6.71. The molecule has 0 aromatic heterocycles. The van der Waals surface area contributed by atoms with Crippen molar-refractivity contribution in [2.75, 3.05) is 26.3 Å². The summed E-state index contributed by atoms with van der Waals surface area (Å²) in [5.41, 5.74) is 0. The van der Waals surface area contributed by atoms with E-state index in [1.54, 1.807) is 0 Å². The summed E-state index contributed by atoms with van der Waals surface area (Å²) >= 11 is 5.87. The predicted molar refractivity (Wildman–Crippen MR) is 76.4 cm³/mol. The third kappa shape index (κ3) is 2.83. The van der Waals surface area contributed by atoms with Crippen LogP contribution in [0.15, 0.2) is 23.1 Å². The number of rotatable bonds is 2. The molecule has 2 atom stereocenters. The van der Waals surface area contributed by atoms with Gasteiger partial charge in [0.05, 0.1) is 30.2 Å². The summed E-state index contributed by atoms with van der Waals surface area (Å²) < 4.78 is 45.2. The van der Waals surface area contributed by atoms with Crippen LogP contribution in [0.4, 0.5) is 4.39 Å². The van der Waals surface area contributed by atoms with Crippen LogP contribution in [0.1, 0.15) is 0 Å². The zero-order chi connectivity index (χ0) is 15.9. The van der Waals surface area contributed by atoms with Crippen LogP contribution in [-0.2, 0) is 19.6 Å². The molecule has 0 aliphatic carbocycles. The Labute approximate surface area is 132 Å². The second-order valence-electron chi connectivity index (χ2n) is 5.34. The molecule has 0 spiro atoms. The molecule has 2 aliphatic heterocycles. The maximum absolute atomic E-state index is 13.1. The summed E-state index contributed by atoms with van der Waals surface area (Å²) in [7, 11) is -3.91. The molecular weight excluding hydrogens is 335 g/mol. The van der Waals surface area contributed by atoms with Crippen LogP contribution >= 0.6 is 11.6 Å². The van der Waals surface area contributed by atoms with Crippen molar-refractivity contribution in [3.05, 3.63) is 29.0 Å². The van der Waals surface area contributed by atoms with E-state index in [4.69, 9.17) is 16.3 Å². The molecular formula is C13H14ClFN2O4S. The van der Waals surface area contributed by atoms with Gasteiger partial charge in [0.25, 0.3) is 0 Å². The van der Waals surface area contributed by atoms with Crippen molar-refractivity contribution in [3.8, 4) is 0 Å². The van der Waals surface area contributed by atoms with Crippen LogP contribution in [0.3, 0.4) is 0 Å². The molecule has 3 rings (SSSR count). The Hall–Kier alpha value is -1.22. The second kappa shape index (κ2) is 5.77. The van der Waals surface area contributed by atoms with E-state index in [9.17, 15) is 17.6 Å². The summed E-state index contributed by atoms with van der Waals surface area (Å²) in [6.07, 6.45) is 0. The van der Waals surface area contributed by atoms with Gasteiger partial charge in [-0.15, -0.1) is 0 Å². The number of nitrogens with one attached hydrogen (secondary N) is 1. The van der Waals surface area contributed by atoms with Crippen molar-refractivity contribution >= 4 is 27.5 Å². The fourth-order valence-corrected chi connectivity index (χ4v) is 4.64. The molecule has 120 valence electrons. The number of hydrogen-bond donors (Lipinski definition) is 1. The summed E-state index contributed by atoms with van der Waals surface area (Å²) in [6.45, 7) is 0.535. The van der Waals surface area contributed by atoms with E-state index in [1.165, 1.54) is 4.31 Å². The van der Waals surface area contributed by atoms with Crippen molar-refractivity contribution < 1.29 is 22.3 Å². The Bertz CT molecular complexity index is 712. The minimum atomic E-state index is -3.91. The predicted octanol–water partition coefficient (Wildman–Crippen LogP) is 0.615. The smallest absolute Gasteiger partial charge is 0.244 e. The van der Waals surface area contributed by atoms with Gasteiger partial charge < -0.3 is 10.1 Å². The fourth-order valence-electron chi connectivity index (χ4n) is 2.61. The molecule has 2 aliphatic rings. The molecule has 2 bridgehead atoms. The van der Waals surface area contributed by atoms with Crippen LogP contribution in [-0.4, -0.2) is 51.0 Å². The first-order valence-corrected chi connectivity index (χ1v) is 8.53. The van der Waals surface area contributed by atoms with Gasteiger partial charge in [0, 0.05) is 13.1 Å². The molecule has 2 fully saturated rings. The average molecular weight is 349 g/mol. The van der Waals surface area contributed by atoms with Gasteiger partial charge in [-0.1, -0.05) is 11.6 Å². The lowest BCUT2D eigenvalue weighted by atomic mass is 10.1. The molecule has 1 amide bonds. The molecule has 1 aromatic carbocycles. The van der Waals surface area contributed by atoms with E-state index in [0.29, 0.717) is 0 Å². The van der Waals surface area contributed by atoms with E-state index in [1.807, 2.05) is 0 Å². The highest BCUT2D eigenvalue weighted by Crippen LogP contribution is 2.27. The van der Waals surface area contributed by atoms with E-state index >= 15 is 0 Å². The highest BCUT2D eigenvalue weighted by Gasteiger charge is 2.39. The van der Waals surface area contributed by atoms with Gasteiger partial charge in [0.2, 0.25) is 15.9 Å². The third-order valence-electron chi connectivity index (χ3n) is 3.72. The molecule has 22 heavy (non-hydrogen) atoms. The molecule has 0 saturated carbocycles. The number of halogens is 2. The van der Waals surface area contributed by atoms with Gasteiger partial charge in [-0.05, 0) is 18.2 Å². The minimum Gasteiger partial charge on any atom is -0.378 e. The maximum atomic E-state index is 13.1. The number of fused-ring (bicyclic) bond motifs is 3. The van der Waals surface area contributed by atoms with E-state index < -0.39 is 27.8 Å². The lowest BCUT2D eigenvalue weighted by Crippen LogP contribution is -2.44. The van der Waals surface area contributed by atoms with Crippen molar-refractivity contribution in [2.24, 2.45) is 5.92 Å². The number of nitrogens with zero attached hydrogens (tertiary/aromatic N) is 1. The summed E-state index contributed by atoms with van der Waals surface area (Å²) in [5, 5.41) is 2.58. The van der Waals surface area contributed by atoms with Crippen LogP contribution < -0.4 is 5.32 Å². The Morgan fingerprint density at radius 1 is 1.32 bits per heavy atom. The third-order valence-corrected chi connectivity index (χ3v) is 6.03. The number of carbonyl (C=O) groups is 1. The molecule has 2 heterocycles. The Balaban J connectivity index is 1.96. The first-order chi connectivity index (χ1) is 10.4. The average Bonchev–Trinajstić information content (AvgIpc) is 2.66. The molecule has 1 N–H and O–H groups in total. The minimum absolute atomic E-state index is 0.0123. The lowest BCUT2D eigenvalue weighted by molar-refractivity contribution is -0.125. The lowest BCUT2D eigenvalue weighted by Gasteiger charge is -2.27. The number of benzene rings is 1. The summed E-state index contributed by atoms with van der Waals surface area (Å²) in [5.74, 6) is -1.39. The van der Waals surface area contributed by atoms with Crippen molar-refractivity contribution in [3.63, 3.8) is 0 Å². The molecule has 1 aromatic rings. The summed E-state index contributed by atoms with van der Waals surface area (Å²) in [6, 6.07) is 2.73. The highest BCUT2D eigenvalue weighted by atomic mass is 35.5. The molecule has 9 heteroatoms. The Morgan fingerprint density at radius 2 is 2.09 bits per heavy atom. The van der Waals surface area contributed by atoms with Gasteiger partial charge in [0.1, 0.15) is 10.7 Å². The number of carbonyl (C=O) groups excluding carboxylic acids is 1. The standard InChI is InChI=1S/C13H14ClFN2O4S/c14-11-3-9(15)1-2-12(11)22(19,20)17-4-8-6-21-7-10(5-17)16-13(8)18/h1-3,8,10H,4-7H2,(H,16,18)/t8-,10+/m1/s1. The zero-order valence-corrected chi connectivity index (χ0v) is 13.0. The van der Waals surface area contributed by atoms with Crippen molar-refractivity contribution in [2.45, 2.75) is 10.9 Å². The van der Waals surface area contributed by atoms with Crippen LogP contribution in [0, 0.1) is 11.7 Å². The highest BCUT2D eigenvalue weighted by molar-refractivity contribution is 7.89. The van der Waals surface area contributed by atoms with Crippen molar-refractivity contribution in [1.82, 2.24) is 9.62 Å². The van der Waals surface area contributed by atoms with Gasteiger partial charge in [-0.3, -0.25) is 4.79 Å². The first kappa shape index (κ1) is 15.7. The van der Waals surface area contributed by atoms with E-state index in [-0.39, 0.29) is 42.1 Å². The van der Waals surface area contributed by atoms with Crippen LogP contribution in [0.2, 0.25) is 5.02 Å². The quantitative estimate of drug-likeness (QED) is 0.850.